The van der Waals surface area contributed by atoms with Crippen LogP contribution in [0, 0.1) is 5.82 Å². The topological polar surface area (TPSA) is 41.6 Å². The zero-order chi connectivity index (χ0) is 12.4. The molecule has 0 saturated heterocycles. The molecule has 0 amide bonds. The first kappa shape index (κ1) is 12.4. The van der Waals surface area contributed by atoms with Gasteiger partial charge in [-0.05, 0) is 18.6 Å². The average molecular weight is 300 g/mol. The second kappa shape index (κ2) is 5.04. The molecule has 17 heavy (non-hydrogen) atoms. The normalized spacial score (nSPS) is 19.6. The molecule has 0 fully saturated rings. The van der Waals surface area contributed by atoms with Gasteiger partial charge in [0.25, 0.3) is 0 Å². The monoisotopic (exact) mass is 299 g/mol. The summed E-state index contributed by atoms with van der Waals surface area (Å²) >= 11 is 3.26. The standard InChI is InChI=1S/C12H15BrFN3/c1-2-5-17-11(7-16-12(17)15)9-4-3-8(13)6-10(9)14/h3-4,6,11H,2,5,7H2,1H3,(H2,15,16). The van der Waals surface area contributed by atoms with Crippen LogP contribution >= 0.6 is 15.9 Å². The molecule has 1 aliphatic heterocycles. The van der Waals surface area contributed by atoms with E-state index in [1.807, 2.05) is 11.0 Å². The van der Waals surface area contributed by atoms with Gasteiger partial charge in [-0.15, -0.1) is 0 Å². The molecule has 1 aromatic rings. The van der Waals surface area contributed by atoms with Crippen LogP contribution in [0.5, 0.6) is 0 Å². The van der Waals surface area contributed by atoms with Gasteiger partial charge in [-0.1, -0.05) is 28.9 Å². The minimum Gasteiger partial charge on any atom is -0.370 e. The summed E-state index contributed by atoms with van der Waals surface area (Å²) < 4.78 is 14.6. The number of aliphatic imine (C=N–C) groups is 1. The fourth-order valence-electron chi connectivity index (χ4n) is 2.08. The predicted molar refractivity (Wildman–Crippen MR) is 70.3 cm³/mol. The lowest BCUT2D eigenvalue weighted by Crippen LogP contribution is -2.36. The summed E-state index contributed by atoms with van der Waals surface area (Å²) in [5, 5.41) is 0. The van der Waals surface area contributed by atoms with E-state index in [4.69, 9.17) is 5.73 Å². The third-order valence-electron chi connectivity index (χ3n) is 2.88. The van der Waals surface area contributed by atoms with Gasteiger partial charge in [-0.2, -0.15) is 0 Å². The van der Waals surface area contributed by atoms with E-state index in [-0.39, 0.29) is 11.9 Å². The van der Waals surface area contributed by atoms with E-state index >= 15 is 0 Å². The Balaban J connectivity index is 2.28. The number of nitrogens with two attached hydrogens (primary N) is 1. The van der Waals surface area contributed by atoms with Crippen molar-refractivity contribution in [1.29, 1.82) is 0 Å². The summed E-state index contributed by atoms with van der Waals surface area (Å²) in [5.41, 5.74) is 6.48. The molecule has 5 heteroatoms. The molecule has 1 aromatic carbocycles. The van der Waals surface area contributed by atoms with Crippen molar-refractivity contribution in [3.05, 3.63) is 34.1 Å². The molecule has 0 bridgehead atoms. The molecule has 0 aliphatic carbocycles. The molecule has 1 aliphatic rings. The van der Waals surface area contributed by atoms with Gasteiger partial charge in [0.2, 0.25) is 0 Å². The number of halogens is 2. The van der Waals surface area contributed by atoms with Gasteiger partial charge in [-0.3, -0.25) is 4.99 Å². The first-order valence-electron chi connectivity index (χ1n) is 5.65. The van der Waals surface area contributed by atoms with Crippen LogP contribution in [0.25, 0.3) is 0 Å². The molecule has 2 rings (SSSR count). The van der Waals surface area contributed by atoms with Crippen LogP contribution < -0.4 is 5.73 Å². The molecule has 1 heterocycles. The lowest BCUT2D eigenvalue weighted by Gasteiger charge is -2.26. The van der Waals surface area contributed by atoms with Crippen molar-refractivity contribution in [2.24, 2.45) is 10.7 Å². The fourth-order valence-corrected chi connectivity index (χ4v) is 2.41. The molecular formula is C12H15BrFN3. The Morgan fingerprint density at radius 2 is 2.35 bits per heavy atom. The van der Waals surface area contributed by atoms with Crippen LogP contribution in [0.3, 0.4) is 0 Å². The smallest absolute Gasteiger partial charge is 0.191 e. The summed E-state index contributed by atoms with van der Waals surface area (Å²) in [5.74, 6) is 0.301. The van der Waals surface area contributed by atoms with Gasteiger partial charge in [0.1, 0.15) is 5.82 Å². The first-order valence-corrected chi connectivity index (χ1v) is 6.44. The van der Waals surface area contributed by atoms with E-state index in [0.717, 1.165) is 17.4 Å². The molecule has 92 valence electrons. The molecule has 1 atom stereocenters. The largest absolute Gasteiger partial charge is 0.370 e. The average Bonchev–Trinajstić information content (AvgIpc) is 2.62. The van der Waals surface area contributed by atoms with Gasteiger partial charge >= 0.3 is 0 Å². The third-order valence-corrected chi connectivity index (χ3v) is 3.38. The van der Waals surface area contributed by atoms with Gasteiger partial charge < -0.3 is 10.6 Å². The number of guanidine groups is 1. The van der Waals surface area contributed by atoms with E-state index in [1.165, 1.54) is 6.07 Å². The van der Waals surface area contributed by atoms with Crippen molar-refractivity contribution >= 4 is 21.9 Å². The zero-order valence-electron chi connectivity index (χ0n) is 9.66. The highest BCUT2D eigenvalue weighted by Crippen LogP contribution is 2.29. The Hall–Kier alpha value is -1.10. The van der Waals surface area contributed by atoms with Crippen LogP contribution in [-0.2, 0) is 0 Å². The maximum atomic E-state index is 13.9. The van der Waals surface area contributed by atoms with E-state index in [0.29, 0.717) is 18.1 Å². The summed E-state index contributed by atoms with van der Waals surface area (Å²) in [7, 11) is 0. The molecule has 1 unspecified atom stereocenters. The maximum Gasteiger partial charge on any atom is 0.191 e. The Bertz CT molecular complexity index is 447. The van der Waals surface area contributed by atoms with Crippen molar-refractivity contribution in [2.45, 2.75) is 19.4 Å². The van der Waals surface area contributed by atoms with Gasteiger partial charge in [0.15, 0.2) is 5.96 Å². The van der Waals surface area contributed by atoms with Crippen LogP contribution in [-0.4, -0.2) is 23.9 Å². The van der Waals surface area contributed by atoms with Crippen molar-refractivity contribution < 1.29 is 4.39 Å². The van der Waals surface area contributed by atoms with Crippen molar-refractivity contribution in [2.75, 3.05) is 13.1 Å². The minimum absolute atomic E-state index is 0.0666. The molecule has 0 spiro atoms. The molecule has 0 aromatic heterocycles. The summed E-state index contributed by atoms with van der Waals surface area (Å²) in [6.45, 7) is 3.40. The Morgan fingerprint density at radius 1 is 1.59 bits per heavy atom. The van der Waals surface area contributed by atoms with Crippen molar-refractivity contribution in [3.8, 4) is 0 Å². The number of benzene rings is 1. The lowest BCUT2D eigenvalue weighted by atomic mass is 10.1. The molecule has 0 saturated carbocycles. The van der Waals surface area contributed by atoms with E-state index in [2.05, 4.69) is 27.8 Å². The lowest BCUT2D eigenvalue weighted by molar-refractivity contribution is 0.338. The summed E-state index contributed by atoms with van der Waals surface area (Å²) in [6, 6.07) is 5.05. The minimum atomic E-state index is -0.213. The fraction of sp³-hybridized carbons (Fsp3) is 0.417. The second-order valence-electron chi connectivity index (χ2n) is 4.07. The van der Waals surface area contributed by atoms with Crippen molar-refractivity contribution in [3.63, 3.8) is 0 Å². The summed E-state index contributed by atoms with van der Waals surface area (Å²) in [6.07, 6.45) is 0.963. The number of nitrogens with zero attached hydrogens (tertiary/aromatic N) is 2. The molecule has 0 radical (unpaired) electrons. The van der Waals surface area contributed by atoms with Crippen LogP contribution in [0.2, 0.25) is 0 Å². The highest BCUT2D eigenvalue weighted by molar-refractivity contribution is 9.10. The highest BCUT2D eigenvalue weighted by Gasteiger charge is 2.28. The predicted octanol–water partition coefficient (Wildman–Crippen LogP) is 2.67. The van der Waals surface area contributed by atoms with Crippen LogP contribution in [0.1, 0.15) is 24.9 Å². The first-order chi connectivity index (χ1) is 8.13. The van der Waals surface area contributed by atoms with Gasteiger partial charge in [0.05, 0.1) is 12.6 Å². The van der Waals surface area contributed by atoms with Crippen LogP contribution in [0.15, 0.2) is 27.7 Å². The molecule has 2 N–H and O–H groups in total. The molecular weight excluding hydrogens is 285 g/mol. The van der Waals surface area contributed by atoms with E-state index in [1.54, 1.807) is 6.07 Å². The second-order valence-corrected chi connectivity index (χ2v) is 4.99. The third kappa shape index (κ3) is 2.44. The number of rotatable bonds is 3. The SMILES string of the molecule is CCCN1C(N)=NCC1c1ccc(Br)cc1F. The van der Waals surface area contributed by atoms with Gasteiger partial charge in [0, 0.05) is 16.6 Å². The molecule has 3 nitrogen and oxygen atoms in total. The van der Waals surface area contributed by atoms with E-state index in [9.17, 15) is 4.39 Å². The maximum absolute atomic E-state index is 13.9. The van der Waals surface area contributed by atoms with Crippen molar-refractivity contribution in [1.82, 2.24) is 4.90 Å². The van der Waals surface area contributed by atoms with Gasteiger partial charge in [-0.25, -0.2) is 4.39 Å². The number of hydrogen-bond acceptors (Lipinski definition) is 3. The Kier molecular flexibility index (Phi) is 3.66. The quantitative estimate of drug-likeness (QED) is 0.932. The Labute approximate surface area is 109 Å². The highest BCUT2D eigenvalue weighted by atomic mass is 79.9. The van der Waals surface area contributed by atoms with E-state index < -0.39 is 0 Å². The van der Waals surface area contributed by atoms with Crippen LogP contribution in [0.4, 0.5) is 4.39 Å². The zero-order valence-corrected chi connectivity index (χ0v) is 11.2. The summed E-state index contributed by atoms with van der Waals surface area (Å²) in [4.78, 5) is 6.16. The number of hydrogen-bond donors (Lipinski definition) is 1. The Morgan fingerprint density at radius 3 is 3.00 bits per heavy atom.